The molecule has 1 nitrogen and oxygen atoms in total. The summed E-state index contributed by atoms with van der Waals surface area (Å²) in [5, 5.41) is 1.09. The van der Waals surface area contributed by atoms with Crippen LogP contribution in [0.2, 0.25) is 10.0 Å². The number of halogens is 3. The van der Waals surface area contributed by atoms with Gasteiger partial charge in [-0.2, -0.15) is 0 Å². The highest BCUT2D eigenvalue weighted by atomic mass is 35.5. The molecule has 0 spiro atoms. The lowest BCUT2D eigenvalue weighted by molar-refractivity contribution is 0.593. The molecular weight excluding hydrogens is 284 g/mol. The largest absolute Gasteiger partial charge is 0.324 e. The fourth-order valence-corrected chi connectivity index (χ4v) is 2.22. The Balaban J connectivity index is 2.20. The molecule has 0 saturated heterocycles. The molecule has 100 valence electrons. The maximum atomic E-state index is 13.7. The third-order valence-electron chi connectivity index (χ3n) is 3.07. The number of hydrogen-bond donors (Lipinski definition) is 1. The quantitative estimate of drug-likeness (QED) is 0.874. The third-order valence-corrected chi connectivity index (χ3v) is 3.72. The van der Waals surface area contributed by atoms with Crippen molar-refractivity contribution < 1.29 is 4.39 Å². The Hall–Kier alpha value is -1.09. The Morgan fingerprint density at radius 3 is 2.53 bits per heavy atom. The SMILES string of the molecule is Cc1cc(C(N)Cc2ccc(Cl)cc2F)ccc1Cl. The van der Waals surface area contributed by atoms with Crippen molar-refractivity contribution >= 4 is 23.2 Å². The summed E-state index contributed by atoms with van der Waals surface area (Å²) in [6, 6.07) is 9.97. The molecule has 0 aromatic heterocycles. The lowest BCUT2D eigenvalue weighted by Gasteiger charge is -2.14. The van der Waals surface area contributed by atoms with Gasteiger partial charge in [0.1, 0.15) is 5.82 Å². The van der Waals surface area contributed by atoms with Crippen LogP contribution in [0.5, 0.6) is 0 Å². The zero-order valence-electron chi connectivity index (χ0n) is 10.5. The Labute approximate surface area is 122 Å². The molecule has 0 aliphatic rings. The van der Waals surface area contributed by atoms with Gasteiger partial charge in [-0.3, -0.25) is 0 Å². The fourth-order valence-electron chi connectivity index (χ4n) is 1.94. The third kappa shape index (κ3) is 3.47. The van der Waals surface area contributed by atoms with E-state index in [4.69, 9.17) is 28.9 Å². The first-order chi connectivity index (χ1) is 8.97. The van der Waals surface area contributed by atoms with Crippen LogP contribution in [0.25, 0.3) is 0 Å². The fraction of sp³-hybridized carbons (Fsp3) is 0.200. The summed E-state index contributed by atoms with van der Waals surface area (Å²) in [6.07, 6.45) is 0.421. The van der Waals surface area contributed by atoms with Gasteiger partial charge in [-0.25, -0.2) is 4.39 Å². The molecule has 2 rings (SSSR count). The average molecular weight is 298 g/mol. The second-order valence-corrected chi connectivity index (χ2v) is 5.40. The van der Waals surface area contributed by atoms with Crippen LogP contribution in [0.1, 0.15) is 22.7 Å². The number of aryl methyl sites for hydroxylation is 1. The highest BCUT2D eigenvalue weighted by molar-refractivity contribution is 6.31. The van der Waals surface area contributed by atoms with Crippen LogP contribution in [-0.4, -0.2) is 0 Å². The molecule has 1 atom stereocenters. The van der Waals surface area contributed by atoms with Crippen LogP contribution in [0.4, 0.5) is 4.39 Å². The first-order valence-corrected chi connectivity index (χ1v) is 6.68. The molecule has 0 bridgehead atoms. The topological polar surface area (TPSA) is 26.0 Å². The normalized spacial score (nSPS) is 12.5. The van der Waals surface area contributed by atoms with Gasteiger partial charge in [-0.15, -0.1) is 0 Å². The monoisotopic (exact) mass is 297 g/mol. The van der Waals surface area contributed by atoms with E-state index in [0.29, 0.717) is 22.0 Å². The number of hydrogen-bond acceptors (Lipinski definition) is 1. The first-order valence-electron chi connectivity index (χ1n) is 5.93. The standard InChI is InChI=1S/C15H14Cl2FN/c1-9-6-11(3-5-13(9)17)15(19)7-10-2-4-12(16)8-14(10)18/h2-6,8,15H,7,19H2,1H3. The molecule has 2 aromatic carbocycles. The van der Waals surface area contributed by atoms with Crippen LogP contribution < -0.4 is 5.73 Å². The summed E-state index contributed by atoms with van der Waals surface area (Å²) in [6.45, 7) is 1.92. The first kappa shape index (κ1) is 14.3. The second-order valence-electron chi connectivity index (χ2n) is 4.55. The van der Waals surface area contributed by atoms with E-state index in [1.165, 1.54) is 6.07 Å². The molecule has 0 fully saturated rings. The Morgan fingerprint density at radius 1 is 1.16 bits per heavy atom. The Kier molecular flexibility index (Phi) is 4.46. The van der Waals surface area contributed by atoms with Crippen molar-refractivity contribution in [2.24, 2.45) is 5.73 Å². The predicted octanol–water partition coefficient (Wildman–Crippen LogP) is 4.68. The van der Waals surface area contributed by atoms with Gasteiger partial charge in [0.25, 0.3) is 0 Å². The maximum Gasteiger partial charge on any atom is 0.127 e. The zero-order chi connectivity index (χ0) is 14.0. The van der Waals surface area contributed by atoms with E-state index in [0.717, 1.165) is 11.1 Å². The smallest absolute Gasteiger partial charge is 0.127 e. The zero-order valence-corrected chi connectivity index (χ0v) is 12.0. The second kappa shape index (κ2) is 5.91. The van der Waals surface area contributed by atoms with Gasteiger partial charge < -0.3 is 5.73 Å². The van der Waals surface area contributed by atoms with E-state index in [1.54, 1.807) is 12.1 Å². The average Bonchev–Trinajstić information content (AvgIpc) is 2.36. The molecule has 0 amide bonds. The lowest BCUT2D eigenvalue weighted by Crippen LogP contribution is -2.14. The highest BCUT2D eigenvalue weighted by Gasteiger charge is 2.11. The van der Waals surface area contributed by atoms with Gasteiger partial charge >= 0.3 is 0 Å². The lowest BCUT2D eigenvalue weighted by atomic mass is 9.98. The summed E-state index contributed by atoms with van der Waals surface area (Å²) in [4.78, 5) is 0. The van der Waals surface area contributed by atoms with E-state index >= 15 is 0 Å². The van der Waals surface area contributed by atoms with Gasteiger partial charge in [-0.1, -0.05) is 41.4 Å². The van der Waals surface area contributed by atoms with Gasteiger partial charge in [0.15, 0.2) is 0 Å². The molecule has 0 radical (unpaired) electrons. The van der Waals surface area contributed by atoms with Crippen LogP contribution >= 0.6 is 23.2 Å². The molecule has 2 aromatic rings. The summed E-state index contributed by atoms with van der Waals surface area (Å²) in [5.41, 5.74) is 8.57. The van der Waals surface area contributed by atoms with Crippen molar-refractivity contribution in [2.45, 2.75) is 19.4 Å². The Morgan fingerprint density at radius 2 is 1.89 bits per heavy atom. The molecule has 19 heavy (non-hydrogen) atoms. The minimum absolute atomic E-state index is 0.272. The van der Waals surface area contributed by atoms with Crippen molar-refractivity contribution in [3.63, 3.8) is 0 Å². The molecule has 0 aliphatic heterocycles. The van der Waals surface area contributed by atoms with E-state index in [9.17, 15) is 4.39 Å². The minimum Gasteiger partial charge on any atom is -0.324 e. The molecule has 0 saturated carbocycles. The number of benzene rings is 2. The molecule has 0 heterocycles. The number of rotatable bonds is 3. The molecule has 0 aliphatic carbocycles. The highest BCUT2D eigenvalue weighted by Crippen LogP contribution is 2.24. The summed E-state index contributed by atoms with van der Waals surface area (Å²) < 4.78 is 13.7. The Bertz CT molecular complexity index is 599. The van der Waals surface area contributed by atoms with Crippen LogP contribution in [0.3, 0.4) is 0 Å². The van der Waals surface area contributed by atoms with Gasteiger partial charge in [0.05, 0.1) is 0 Å². The van der Waals surface area contributed by atoms with Gasteiger partial charge in [-0.05, 0) is 48.2 Å². The van der Waals surface area contributed by atoms with Gasteiger partial charge in [0, 0.05) is 16.1 Å². The van der Waals surface area contributed by atoms with Crippen molar-refractivity contribution in [3.05, 3.63) is 69.0 Å². The van der Waals surface area contributed by atoms with Crippen LogP contribution in [0.15, 0.2) is 36.4 Å². The van der Waals surface area contributed by atoms with E-state index in [2.05, 4.69) is 0 Å². The molecule has 1 unspecified atom stereocenters. The summed E-state index contributed by atoms with van der Waals surface area (Å²) in [7, 11) is 0. The summed E-state index contributed by atoms with van der Waals surface area (Å²) >= 11 is 11.7. The van der Waals surface area contributed by atoms with Crippen molar-refractivity contribution in [1.29, 1.82) is 0 Å². The van der Waals surface area contributed by atoms with Crippen molar-refractivity contribution in [2.75, 3.05) is 0 Å². The van der Waals surface area contributed by atoms with E-state index < -0.39 is 0 Å². The van der Waals surface area contributed by atoms with Gasteiger partial charge in [0.2, 0.25) is 0 Å². The number of nitrogens with two attached hydrogens (primary N) is 1. The summed E-state index contributed by atoms with van der Waals surface area (Å²) in [5.74, 6) is -0.325. The predicted molar refractivity (Wildman–Crippen MR) is 78.2 cm³/mol. The van der Waals surface area contributed by atoms with E-state index in [1.807, 2.05) is 25.1 Å². The molecule has 2 N–H and O–H groups in total. The van der Waals surface area contributed by atoms with Crippen molar-refractivity contribution in [3.8, 4) is 0 Å². The van der Waals surface area contributed by atoms with Crippen LogP contribution in [0, 0.1) is 12.7 Å². The molecule has 4 heteroatoms. The maximum absolute atomic E-state index is 13.7. The van der Waals surface area contributed by atoms with Crippen molar-refractivity contribution in [1.82, 2.24) is 0 Å². The minimum atomic E-state index is -0.325. The van der Waals surface area contributed by atoms with Crippen LogP contribution in [-0.2, 0) is 6.42 Å². The molecular formula is C15H14Cl2FN. The van der Waals surface area contributed by atoms with E-state index in [-0.39, 0.29) is 11.9 Å².